The number of aromatic nitrogens is 3. The van der Waals surface area contributed by atoms with E-state index in [-0.39, 0.29) is 11.5 Å². The van der Waals surface area contributed by atoms with E-state index in [0.717, 1.165) is 11.3 Å². The topological polar surface area (TPSA) is 97.1 Å². The van der Waals surface area contributed by atoms with Crippen molar-refractivity contribution < 1.29 is 14.7 Å². The number of nitrogens with one attached hydrogen (secondary N) is 1. The zero-order valence-electron chi connectivity index (χ0n) is 12.6. The molecule has 24 heavy (non-hydrogen) atoms. The summed E-state index contributed by atoms with van der Waals surface area (Å²) in [5.41, 5.74) is 2.28. The lowest BCUT2D eigenvalue weighted by atomic mass is 10.1. The highest BCUT2D eigenvalue weighted by Crippen LogP contribution is 2.10. The number of carbonyl (C=O) groups is 2. The van der Waals surface area contributed by atoms with Crippen LogP contribution in [0.2, 0.25) is 0 Å². The number of carbonyl (C=O) groups excluding carboxylic acids is 1. The fourth-order valence-corrected chi connectivity index (χ4v) is 2.19. The van der Waals surface area contributed by atoms with E-state index in [1.165, 1.54) is 12.1 Å². The zero-order valence-corrected chi connectivity index (χ0v) is 12.6. The average molecular weight is 322 g/mol. The van der Waals surface area contributed by atoms with Gasteiger partial charge in [0.15, 0.2) is 0 Å². The van der Waals surface area contributed by atoms with Crippen molar-refractivity contribution in [3.8, 4) is 5.69 Å². The lowest BCUT2D eigenvalue weighted by Gasteiger charge is -2.07. The quantitative estimate of drug-likeness (QED) is 0.747. The van der Waals surface area contributed by atoms with Crippen LogP contribution in [0, 0.1) is 0 Å². The standard InChI is InChI=1S/C17H14N4O3/c22-16(18-11-12-4-6-13(7-5-12)17(23)24)14-2-1-3-15(10-14)21-9-8-19-20-21/h1-10H,11H2,(H,18,22)(H,23,24). The molecule has 0 unspecified atom stereocenters. The summed E-state index contributed by atoms with van der Waals surface area (Å²) in [7, 11) is 0. The predicted octanol–water partition coefficient (Wildman–Crippen LogP) is 1.90. The van der Waals surface area contributed by atoms with Gasteiger partial charge in [-0.25, -0.2) is 9.48 Å². The Bertz CT molecular complexity index is 858. The van der Waals surface area contributed by atoms with Gasteiger partial charge in [0.1, 0.15) is 0 Å². The third kappa shape index (κ3) is 3.46. The van der Waals surface area contributed by atoms with Gasteiger partial charge in [-0.2, -0.15) is 0 Å². The van der Waals surface area contributed by atoms with Crippen LogP contribution in [-0.4, -0.2) is 32.0 Å². The Hall–Kier alpha value is -3.48. The number of amides is 1. The summed E-state index contributed by atoms with van der Waals surface area (Å²) in [5, 5.41) is 19.3. The minimum Gasteiger partial charge on any atom is -0.478 e. The van der Waals surface area contributed by atoms with E-state index in [0.29, 0.717) is 12.1 Å². The van der Waals surface area contributed by atoms with Crippen LogP contribution in [0.25, 0.3) is 5.69 Å². The van der Waals surface area contributed by atoms with Crippen molar-refractivity contribution in [3.05, 3.63) is 77.6 Å². The molecule has 120 valence electrons. The minimum absolute atomic E-state index is 0.214. The van der Waals surface area contributed by atoms with Gasteiger partial charge < -0.3 is 10.4 Å². The maximum atomic E-state index is 12.3. The number of hydrogen-bond donors (Lipinski definition) is 2. The van der Waals surface area contributed by atoms with E-state index in [4.69, 9.17) is 5.11 Å². The van der Waals surface area contributed by atoms with E-state index in [1.54, 1.807) is 47.4 Å². The Kier molecular flexibility index (Phi) is 4.33. The molecule has 2 N–H and O–H groups in total. The van der Waals surface area contributed by atoms with Gasteiger partial charge in [0.2, 0.25) is 0 Å². The Morgan fingerprint density at radius 2 is 1.88 bits per heavy atom. The fraction of sp³-hybridized carbons (Fsp3) is 0.0588. The molecule has 0 aliphatic carbocycles. The first-order valence-electron chi connectivity index (χ1n) is 7.21. The normalized spacial score (nSPS) is 10.3. The number of carboxylic acid groups (broad SMARTS) is 1. The van der Waals surface area contributed by atoms with Crippen molar-refractivity contribution in [2.75, 3.05) is 0 Å². The highest BCUT2D eigenvalue weighted by atomic mass is 16.4. The molecule has 0 radical (unpaired) electrons. The molecule has 1 heterocycles. The van der Waals surface area contributed by atoms with E-state index in [1.807, 2.05) is 6.07 Å². The number of benzene rings is 2. The van der Waals surface area contributed by atoms with E-state index >= 15 is 0 Å². The fourth-order valence-electron chi connectivity index (χ4n) is 2.19. The van der Waals surface area contributed by atoms with Crippen LogP contribution in [0.5, 0.6) is 0 Å². The Morgan fingerprint density at radius 3 is 2.54 bits per heavy atom. The molecule has 0 spiro atoms. The first-order valence-corrected chi connectivity index (χ1v) is 7.21. The van der Waals surface area contributed by atoms with Gasteiger partial charge >= 0.3 is 5.97 Å². The lowest BCUT2D eigenvalue weighted by molar-refractivity contribution is 0.0696. The van der Waals surface area contributed by atoms with Crippen molar-refractivity contribution >= 4 is 11.9 Å². The number of hydrogen-bond acceptors (Lipinski definition) is 4. The Morgan fingerprint density at radius 1 is 1.08 bits per heavy atom. The largest absolute Gasteiger partial charge is 0.478 e. The monoisotopic (exact) mass is 322 g/mol. The minimum atomic E-state index is -0.976. The second-order valence-electron chi connectivity index (χ2n) is 5.08. The smallest absolute Gasteiger partial charge is 0.335 e. The highest BCUT2D eigenvalue weighted by Gasteiger charge is 2.08. The second-order valence-corrected chi connectivity index (χ2v) is 5.08. The van der Waals surface area contributed by atoms with E-state index < -0.39 is 5.97 Å². The molecule has 0 atom stereocenters. The number of nitrogens with zero attached hydrogens (tertiary/aromatic N) is 3. The van der Waals surface area contributed by atoms with Gasteiger partial charge in [-0.1, -0.05) is 23.4 Å². The molecule has 0 aliphatic heterocycles. The van der Waals surface area contributed by atoms with Gasteiger partial charge in [-0.3, -0.25) is 4.79 Å². The molecular formula is C17H14N4O3. The van der Waals surface area contributed by atoms with Gasteiger partial charge in [-0.15, -0.1) is 5.10 Å². The van der Waals surface area contributed by atoms with Gasteiger partial charge in [0, 0.05) is 12.1 Å². The summed E-state index contributed by atoms with van der Waals surface area (Å²) in [6.07, 6.45) is 3.26. The van der Waals surface area contributed by atoms with Gasteiger partial charge in [0.25, 0.3) is 5.91 Å². The van der Waals surface area contributed by atoms with Crippen molar-refractivity contribution in [2.45, 2.75) is 6.54 Å². The molecule has 0 fully saturated rings. The van der Waals surface area contributed by atoms with Crippen LogP contribution in [-0.2, 0) is 6.54 Å². The molecule has 0 bridgehead atoms. The van der Waals surface area contributed by atoms with E-state index in [2.05, 4.69) is 15.6 Å². The van der Waals surface area contributed by atoms with Crippen LogP contribution >= 0.6 is 0 Å². The first kappa shape index (κ1) is 15.4. The van der Waals surface area contributed by atoms with Gasteiger partial charge in [-0.05, 0) is 35.9 Å². The third-order valence-corrected chi connectivity index (χ3v) is 3.45. The Balaban J connectivity index is 1.67. The van der Waals surface area contributed by atoms with Gasteiger partial charge in [0.05, 0.1) is 23.6 Å². The van der Waals surface area contributed by atoms with E-state index in [9.17, 15) is 9.59 Å². The molecule has 1 amide bonds. The third-order valence-electron chi connectivity index (χ3n) is 3.45. The van der Waals surface area contributed by atoms with Crippen LogP contribution in [0.3, 0.4) is 0 Å². The number of carboxylic acids is 1. The summed E-state index contributed by atoms with van der Waals surface area (Å²) in [6.45, 7) is 0.312. The maximum Gasteiger partial charge on any atom is 0.335 e. The number of aromatic carboxylic acids is 1. The molecule has 3 rings (SSSR count). The first-order chi connectivity index (χ1) is 11.6. The highest BCUT2D eigenvalue weighted by molar-refractivity contribution is 5.94. The maximum absolute atomic E-state index is 12.3. The number of rotatable bonds is 5. The van der Waals surface area contributed by atoms with Crippen molar-refractivity contribution in [1.29, 1.82) is 0 Å². The average Bonchev–Trinajstić information content (AvgIpc) is 3.15. The van der Waals surface area contributed by atoms with Crippen molar-refractivity contribution in [2.24, 2.45) is 0 Å². The van der Waals surface area contributed by atoms with Crippen LogP contribution in [0.15, 0.2) is 60.9 Å². The summed E-state index contributed by atoms with van der Waals surface area (Å²) in [4.78, 5) is 23.1. The Labute approximate surface area is 137 Å². The molecule has 0 aliphatic rings. The second kappa shape index (κ2) is 6.74. The lowest BCUT2D eigenvalue weighted by Crippen LogP contribution is -2.23. The molecular weight excluding hydrogens is 308 g/mol. The summed E-state index contributed by atoms with van der Waals surface area (Å²) < 4.78 is 1.57. The molecule has 7 heteroatoms. The van der Waals surface area contributed by atoms with Crippen LogP contribution in [0.1, 0.15) is 26.3 Å². The van der Waals surface area contributed by atoms with Crippen LogP contribution < -0.4 is 5.32 Å². The molecule has 0 saturated carbocycles. The SMILES string of the molecule is O=C(O)c1ccc(CNC(=O)c2cccc(-n3ccnn3)c2)cc1. The molecule has 1 aromatic heterocycles. The zero-order chi connectivity index (χ0) is 16.9. The van der Waals surface area contributed by atoms with Crippen molar-refractivity contribution in [1.82, 2.24) is 20.3 Å². The molecule has 3 aromatic rings. The molecule has 2 aromatic carbocycles. The predicted molar refractivity (Wildman–Crippen MR) is 85.9 cm³/mol. The van der Waals surface area contributed by atoms with Crippen molar-refractivity contribution in [3.63, 3.8) is 0 Å². The summed E-state index contributed by atoms with van der Waals surface area (Å²) in [5.74, 6) is -1.20. The van der Waals surface area contributed by atoms with Crippen LogP contribution in [0.4, 0.5) is 0 Å². The summed E-state index contributed by atoms with van der Waals surface area (Å²) >= 11 is 0. The molecule has 0 saturated heterocycles. The molecule has 7 nitrogen and oxygen atoms in total. The summed E-state index contributed by atoms with van der Waals surface area (Å²) in [6, 6.07) is 13.4.